The number of allylic oxidation sites excluding steroid dienone is 1. The number of hydrogen-bond donors (Lipinski definition) is 0. The highest BCUT2D eigenvalue weighted by Gasteiger charge is 2.01. The molecule has 0 aromatic carbocycles. The Hall–Kier alpha value is -1.08. The Balaban J connectivity index is 3.54. The number of carbonyl (C=O) groups excluding carboxylic acids is 2. The average Bonchev–Trinajstić information content (AvgIpc) is 2.01. The SMILES string of the molecule is CCOC(=O)CCC(C)=C=O. The molecule has 0 rings (SSSR count). The second kappa shape index (κ2) is 5.69. The summed E-state index contributed by atoms with van der Waals surface area (Å²) in [6, 6.07) is 0. The Morgan fingerprint density at radius 1 is 1.45 bits per heavy atom. The van der Waals surface area contributed by atoms with Gasteiger partial charge in [0.05, 0.1) is 6.61 Å². The standard InChI is InChI=1S/C8H12O3/c1-3-11-8(10)5-4-7(2)6-9/h3-5H2,1-2H3. The first-order valence-electron chi connectivity index (χ1n) is 3.57. The molecule has 0 amide bonds. The third-order valence-electron chi connectivity index (χ3n) is 1.18. The molecule has 0 spiro atoms. The predicted molar refractivity (Wildman–Crippen MR) is 40.7 cm³/mol. The van der Waals surface area contributed by atoms with Gasteiger partial charge in [-0.2, -0.15) is 0 Å². The highest BCUT2D eigenvalue weighted by Crippen LogP contribution is 2.00. The summed E-state index contributed by atoms with van der Waals surface area (Å²) in [5.74, 6) is 1.46. The molecule has 0 aromatic heterocycles. The van der Waals surface area contributed by atoms with Crippen molar-refractivity contribution in [3.63, 3.8) is 0 Å². The van der Waals surface area contributed by atoms with E-state index in [1.54, 1.807) is 19.8 Å². The molecule has 0 N–H and O–H groups in total. The van der Waals surface area contributed by atoms with Crippen molar-refractivity contribution in [3.8, 4) is 0 Å². The van der Waals surface area contributed by atoms with Crippen molar-refractivity contribution in [2.24, 2.45) is 0 Å². The van der Waals surface area contributed by atoms with Crippen molar-refractivity contribution in [1.82, 2.24) is 0 Å². The van der Waals surface area contributed by atoms with E-state index in [0.29, 0.717) is 18.6 Å². The first-order chi connectivity index (χ1) is 5.20. The normalized spacial score (nSPS) is 8.55. The molecule has 0 aliphatic heterocycles. The highest BCUT2D eigenvalue weighted by atomic mass is 16.5. The Kier molecular flexibility index (Phi) is 5.13. The zero-order valence-electron chi connectivity index (χ0n) is 6.85. The Labute approximate surface area is 66.0 Å². The Morgan fingerprint density at radius 3 is 2.55 bits per heavy atom. The van der Waals surface area contributed by atoms with Gasteiger partial charge in [0.25, 0.3) is 0 Å². The van der Waals surface area contributed by atoms with Gasteiger partial charge in [-0.05, 0) is 20.3 Å². The van der Waals surface area contributed by atoms with E-state index in [0.717, 1.165) is 0 Å². The molecule has 0 bridgehead atoms. The van der Waals surface area contributed by atoms with E-state index in [9.17, 15) is 9.59 Å². The Bertz CT molecular complexity index is 178. The van der Waals surface area contributed by atoms with E-state index < -0.39 is 0 Å². The summed E-state index contributed by atoms with van der Waals surface area (Å²) in [4.78, 5) is 20.7. The second-order valence-corrected chi connectivity index (χ2v) is 2.19. The number of hydrogen-bond acceptors (Lipinski definition) is 3. The first kappa shape index (κ1) is 9.92. The summed E-state index contributed by atoms with van der Waals surface area (Å²) in [6.45, 7) is 3.79. The molecule has 0 unspecified atom stereocenters. The van der Waals surface area contributed by atoms with Crippen molar-refractivity contribution in [1.29, 1.82) is 0 Å². The molecular weight excluding hydrogens is 144 g/mol. The summed E-state index contributed by atoms with van der Waals surface area (Å²) >= 11 is 0. The lowest BCUT2D eigenvalue weighted by molar-refractivity contribution is -0.143. The van der Waals surface area contributed by atoms with Crippen LogP contribution in [-0.2, 0) is 14.3 Å². The minimum atomic E-state index is -0.262. The van der Waals surface area contributed by atoms with Crippen LogP contribution in [0.15, 0.2) is 5.57 Å². The van der Waals surface area contributed by atoms with Gasteiger partial charge in [-0.1, -0.05) is 0 Å². The van der Waals surface area contributed by atoms with Gasteiger partial charge in [0, 0.05) is 12.0 Å². The quantitative estimate of drug-likeness (QED) is 0.452. The smallest absolute Gasteiger partial charge is 0.306 e. The lowest BCUT2D eigenvalue weighted by Crippen LogP contribution is -2.03. The summed E-state index contributed by atoms with van der Waals surface area (Å²) in [7, 11) is 0. The van der Waals surface area contributed by atoms with Crippen molar-refractivity contribution < 1.29 is 14.3 Å². The van der Waals surface area contributed by atoms with E-state index in [4.69, 9.17) is 0 Å². The predicted octanol–water partition coefficient (Wildman–Crippen LogP) is 1.11. The summed E-state index contributed by atoms with van der Waals surface area (Å²) in [5.41, 5.74) is 0.554. The van der Waals surface area contributed by atoms with E-state index in [1.165, 1.54) is 0 Å². The van der Waals surface area contributed by atoms with Crippen LogP contribution in [0.5, 0.6) is 0 Å². The lowest BCUT2D eigenvalue weighted by Gasteiger charge is -1.98. The van der Waals surface area contributed by atoms with Gasteiger partial charge < -0.3 is 4.74 Å². The fourth-order valence-electron chi connectivity index (χ4n) is 0.574. The van der Waals surface area contributed by atoms with Gasteiger partial charge in [0.15, 0.2) is 0 Å². The number of carbonyl (C=O) groups is 1. The molecule has 0 heterocycles. The minimum Gasteiger partial charge on any atom is -0.466 e. The molecule has 0 fully saturated rings. The van der Waals surface area contributed by atoms with Crippen molar-refractivity contribution in [2.75, 3.05) is 6.61 Å². The van der Waals surface area contributed by atoms with Gasteiger partial charge in [-0.15, -0.1) is 0 Å². The molecule has 3 heteroatoms. The molecular formula is C8H12O3. The number of rotatable bonds is 4. The largest absolute Gasteiger partial charge is 0.466 e. The summed E-state index contributed by atoms with van der Waals surface area (Å²) in [5, 5.41) is 0. The van der Waals surface area contributed by atoms with Crippen LogP contribution in [0.4, 0.5) is 0 Å². The third kappa shape index (κ3) is 5.37. The molecule has 0 radical (unpaired) electrons. The molecule has 0 aliphatic rings. The van der Waals surface area contributed by atoms with Crippen LogP contribution >= 0.6 is 0 Å². The van der Waals surface area contributed by atoms with Crippen LogP contribution in [0.2, 0.25) is 0 Å². The van der Waals surface area contributed by atoms with Crippen LogP contribution in [0.1, 0.15) is 26.7 Å². The monoisotopic (exact) mass is 156 g/mol. The molecule has 62 valence electrons. The van der Waals surface area contributed by atoms with Crippen molar-refractivity contribution in [3.05, 3.63) is 5.57 Å². The molecule has 3 nitrogen and oxygen atoms in total. The second-order valence-electron chi connectivity index (χ2n) is 2.19. The van der Waals surface area contributed by atoms with E-state index in [1.807, 2.05) is 0 Å². The van der Waals surface area contributed by atoms with Gasteiger partial charge in [-0.25, -0.2) is 4.79 Å². The van der Waals surface area contributed by atoms with E-state index in [2.05, 4.69) is 4.74 Å². The minimum absolute atomic E-state index is 0.262. The zero-order valence-corrected chi connectivity index (χ0v) is 6.85. The average molecular weight is 156 g/mol. The molecule has 0 saturated carbocycles. The van der Waals surface area contributed by atoms with Crippen LogP contribution in [0.25, 0.3) is 0 Å². The van der Waals surface area contributed by atoms with Crippen LogP contribution in [0.3, 0.4) is 0 Å². The maximum atomic E-state index is 10.7. The molecule has 11 heavy (non-hydrogen) atoms. The molecule has 0 saturated heterocycles. The maximum Gasteiger partial charge on any atom is 0.306 e. The van der Waals surface area contributed by atoms with E-state index >= 15 is 0 Å². The number of esters is 1. The fourth-order valence-corrected chi connectivity index (χ4v) is 0.574. The van der Waals surface area contributed by atoms with Crippen LogP contribution in [-0.4, -0.2) is 18.5 Å². The summed E-state index contributed by atoms with van der Waals surface area (Å²) < 4.78 is 4.65. The van der Waals surface area contributed by atoms with E-state index in [-0.39, 0.29) is 12.4 Å². The van der Waals surface area contributed by atoms with Gasteiger partial charge in [-0.3, -0.25) is 4.79 Å². The van der Waals surface area contributed by atoms with Gasteiger partial charge in [0.2, 0.25) is 0 Å². The van der Waals surface area contributed by atoms with Gasteiger partial charge in [0.1, 0.15) is 5.94 Å². The zero-order chi connectivity index (χ0) is 8.69. The topological polar surface area (TPSA) is 43.4 Å². The molecule has 0 aromatic rings. The van der Waals surface area contributed by atoms with Crippen molar-refractivity contribution in [2.45, 2.75) is 26.7 Å². The first-order valence-corrected chi connectivity index (χ1v) is 3.57. The molecule has 0 aliphatic carbocycles. The highest BCUT2D eigenvalue weighted by molar-refractivity contribution is 5.70. The van der Waals surface area contributed by atoms with Gasteiger partial charge >= 0.3 is 5.97 Å². The third-order valence-corrected chi connectivity index (χ3v) is 1.18. The Morgan fingerprint density at radius 2 is 2.09 bits per heavy atom. The van der Waals surface area contributed by atoms with Crippen LogP contribution in [0, 0.1) is 0 Å². The number of ether oxygens (including phenoxy) is 1. The van der Waals surface area contributed by atoms with Crippen LogP contribution < -0.4 is 0 Å². The maximum absolute atomic E-state index is 10.7. The fraction of sp³-hybridized carbons (Fsp3) is 0.625. The summed E-state index contributed by atoms with van der Waals surface area (Å²) in [6.07, 6.45) is 0.719. The molecule has 0 atom stereocenters. The lowest BCUT2D eigenvalue weighted by atomic mass is 10.2. The van der Waals surface area contributed by atoms with Crippen molar-refractivity contribution >= 4 is 11.9 Å².